The van der Waals surface area contributed by atoms with E-state index in [1.807, 2.05) is 0 Å². The SMILES string of the molecule is CC(=CCl)CN1CC2(CCCCC2)NCC1C(C)C. The Kier molecular flexibility index (Phi) is 5.33. The van der Waals surface area contributed by atoms with Gasteiger partial charge in [-0.05, 0) is 31.3 Å². The average Bonchev–Trinajstić information content (AvgIpc) is 2.39. The largest absolute Gasteiger partial charge is 0.308 e. The molecule has 0 amide bonds. The second kappa shape index (κ2) is 6.60. The molecule has 0 aromatic carbocycles. The topological polar surface area (TPSA) is 15.3 Å². The van der Waals surface area contributed by atoms with E-state index in [2.05, 4.69) is 31.0 Å². The van der Waals surface area contributed by atoms with Gasteiger partial charge in [-0.3, -0.25) is 4.90 Å². The number of rotatable bonds is 3. The molecule has 1 heterocycles. The third-order valence-electron chi connectivity index (χ3n) is 4.88. The predicted octanol–water partition coefficient (Wildman–Crippen LogP) is 3.76. The number of nitrogens with one attached hydrogen (secondary N) is 1. The van der Waals surface area contributed by atoms with Crippen molar-refractivity contribution in [2.45, 2.75) is 64.5 Å². The van der Waals surface area contributed by atoms with E-state index in [9.17, 15) is 0 Å². The lowest BCUT2D eigenvalue weighted by Crippen LogP contribution is -2.66. The molecule has 0 bridgehead atoms. The van der Waals surface area contributed by atoms with E-state index in [4.69, 9.17) is 11.6 Å². The molecule has 2 rings (SSSR count). The highest BCUT2D eigenvalue weighted by Crippen LogP contribution is 2.33. The summed E-state index contributed by atoms with van der Waals surface area (Å²) in [4.78, 5) is 2.67. The molecule has 1 saturated carbocycles. The van der Waals surface area contributed by atoms with Crippen molar-refractivity contribution < 1.29 is 0 Å². The van der Waals surface area contributed by atoms with Crippen molar-refractivity contribution in [3.05, 3.63) is 11.1 Å². The fourth-order valence-corrected chi connectivity index (χ4v) is 3.83. The van der Waals surface area contributed by atoms with Gasteiger partial charge in [-0.25, -0.2) is 0 Å². The Bertz CT molecular complexity index is 319. The van der Waals surface area contributed by atoms with E-state index in [-0.39, 0.29) is 0 Å². The van der Waals surface area contributed by atoms with Gasteiger partial charge in [0.25, 0.3) is 0 Å². The Hall–Kier alpha value is -0.0500. The fraction of sp³-hybridized carbons (Fsp3) is 0.875. The summed E-state index contributed by atoms with van der Waals surface area (Å²) >= 11 is 5.87. The molecule has 0 aromatic rings. The Morgan fingerprint density at radius 1 is 1.37 bits per heavy atom. The standard InChI is InChI=1S/C16H29ClN2/c1-13(2)15-10-18-16(7-5-4-6-8-16)12-19(15)11-14(3)9-17/h9,13,15,18H,4-8,10-12H2,1-3H3. The molecule has 2 aliphatic rings. The van der Waals surface area contributed by atoms with Crippen molar-refractivity contribution in [2.75, 3.05) is 19.6 Å². The van der Waals surface area contributed by atoms with Crippen LogP contribution in [0.1, 0.15) is 52.9 Å². The summed E-state index contributed by atoms with van der Waals surface area (Å²) in [5.74, 6) is 0.691. The zero-order chi connectivity index (χ0) is 13.9. The Morgan fingerprint density at radius 2 is 2.05 bits per heavy atom. The normalized spacial score (nSPS) is 29.1. The van der Waals surface area contributed by atoms with Gasteiger partial charge in [0, 0.05) is 36.8 Å². The van der Waals surface area contributed by atoms with Crippen LogP contribution < -0.4 is 5.32 Å². The minimum absolute atomic E-state index is 0.385. The highest BCUT2D eigenvalue weighted by atomic mass is 35.5. The molecule has 1 unspecified atom stereocenters. The van der Waals surface area contributed by atoms with Crippen molar-refractivity contribution in [3.63, 3.8) is 0 Å². The van der Waals surface area contributed by atoms with Crippen LogP contribution in [-0.4, -0.2) is 36.1 Å². The van der Waals surface area contributed by atoms with Gasteiger partial charge >= 0.3 is 0 Å². The first kappa shape index (κ1) is 15.3. The maximum atomic E-state index is 5.87. The second-order valence-corrected chi connectivity index (χ2v) is 7.11. The number of hydrogen-bond donors (Lipinski definition) is 1. The van der Waals surface area contributed by atoms with Crippen molar-refractivity contribution in [1.29, 1.82) is 0 Å². The maximum Gasteiger partial charge on any atom is 0.0309 e. The average molecular weight is 285 g/mol. The lowest BCUT2D eigenvalue weighted by atomic mass is 9.78. The van der Waals surface area contributed by atoms with Crippen molar-refractivity contribution >= 4 is 11.6 Å². The maximum absolute atomic E-state index is 5.87. The zero-order valence-electron chi connectivity index (χ0n) is 12.7. The highest BCUT2D eigenvalue weighted by Gasteiger charge is 2.40. The lowest BCUT2D eigenvalue weighted by molar-refractivity contribution is 0.0433. The van der Waals surface area contributed by atoms with Crippen LogP contribution in [0.2, 0.25) is 0 Å². The molecular weight excluding hydrogens is 256 g/mol. The van der Waals surface area contributed by atoms with E-state index in [0.29, 0.717) is 17.5 Å². The quantitative estimate of drug-likeness (QED) is 0.849. The van der Waals surface area contributed by atoms with E-state index in [0.717, 1.165) is 13.1 Å². The smallest absolute Gasteiger partial charge is 0.0309 e. The van der Waals surface area contributed by atoms with Gasteiger partial charge in [-0.1, -0.05) is 44.7 Å². The van der Waals surface area contributed by atoms with Crippen molar-refractivity contribution in [2.24, 2.45) is 5.92 Å². The van der Waals surface area contributed by atoms with Gasteiger partial charge in [0.1, 0.15) is 0 Å². The first-order valence-electron chi connectivity index (χ1n) is 7.81. The number of halogens is 1. The summed E-state index contributed by atoms with van der Waals surface area (Å²) in [6.07, 6.45) is 6.88. The molecule has 110 valence electrons. The second-order valence-electron chi connectivity index (χ2n) is 6.89. The predicted molar refractivity (Wildman–Crippen MR) is 83.6 cm³/mol. The molecule has 1 atom stereocenters. The monoisotopic (exact) mass is 284 g/mol. The Balaban J connectivity index is 2.08. The summed E-state index contributed by atoms with van der Waals surface area (Å²) in [5, 5.41) is 3.89. The molecule has 3 heteroatoms. The van der Waals surface area contributed by atoms with Crippen molar-refractivity contribution in [3.8, 4) is 0 Å². The van der Waals surface area contributed by atoms with Crippen LogP contribution in [0, 0.1) is 5.92 Å². The Labute approximate surface area is 123 Å². The number of piperazine rings is 1. The molecule has 1 aliphatic carbocycles. The van der Waals surface area contributed by atoms with Gasteiger partial charge in [0.2, 0.25) is 0 Å². The van der Waals surface area contributed by atoms with E-state index < -0.39 is 0 Å². The summed E-state index contributed by atoms with van der Waals surface area (Å²) in [6.45, 7) is 10.1. The molecule has 1 aliphatic heterocycles. The zero-order valence-corrected chi connectivity index (χ0v) is 13.5. The minimum Gasteiger partial charge on any atom is -0.308 e. The van der Waals surface area contributed by atoms with E-state index in [1.54, 1.807) is 5.54 Å². The summed E-state index contributed by atoms with van der Waals surface area (Å²) < 4.78 is 0. The molecular formula is C16H29ClN2. The van der Waals surface area contributed by atoms with Crippen LogP contribution in [0.25, 0.3) is 0 Å². The minimum atomic E-state index is 0.385. The molecule has 1 spiro atoms. The lowest BCUT2D eigenvalue weighted by Gasteiger charge is -2.51. The molecule has 0 aromatic heterocycles. The van der Waals surface area contributed by atoms with Gasteiger partial charge in [-0.2, -0.15) is 0 Å². The van der Waals surface area contributed by atoms with Crippen LogP contribution in [-0.2, 0) is 0 Å². The van der Waals surface area contributed by atoms with E-state index >= 15 is 0 Å². The van der Waals surface area contributed by atoms with Gasteiger partial charge in [-0.15, -0.1) is 0 Å². The van der Waals surface area contributed by atoms with Gasteiger partial charge < -0.3 is 5.32 Å². The summed E-state index contributed by atoms with van der Waals surface area (Å²) in [5.41, 5.74) is 3.41. The fourth-order valence-electron chi connectivity index (χ4n) is 3.76. The van der Waals surface area contributed by atoms with Crippen LogP contribution >= 0.6 is 11.6 Å². The molecule has 19 heavy (non-hydrogen) atoms. The highest BCUT2D eigenvalue weighted by molar-refractivity contribution is 6.25. The molecule has 2 fully saturated rings. The third-order valence-corrected chi connectivity index (χ3v) is 5.25. The van der Waals surface area contributed by atoms with Gasteiger partial charge in [0.05, 0.1) is 0 Å². The van der Waals surface area contributed by atoms with Crippen LogP contribution in [0.15, 0.2) is 11.1 Å². The first-order valence-corrected chi connectivity index (χ1v) is 8.25. The third kappa shape index (κ3) is 3.74. The van der Waals surface area contributed by atoms with Gasteiger partial charge in [0.15, 0.2) is 0 Å². The first-order chi connectivity index (χ1) is 9.06. The van der Waals surface area contributed by atoms with Crippen molar-refractivity contribution in [1.82, 2.24) is 10.2 Å². The molecule has 0 radical (unpaired) electrons. The Morgan fingerprint density at radius 3 is 2.63 bits per heavy atom. The molecule has 1 saturated heterocycles. The molecule has 2 nitrogen and oxygen atoms in total. The summed E-state index contributed by atoms with van der Waals surface area (Å²) in [7, 11) is 0. The van der Waals surface area contributed by atoms with Crippen LogP contribution in [0.4, 0.5) is 0 Å². The molecule has 1 N–H and O–H groups in total. The van der Waals surface area contributed by atoms with E-state index in [1.165, 1.54) is 44.2 Å². The number of nitrogens with zero attached hydrogens (tertiary/aromatic N) is 1. The van der Waals surface area contributed by atoms with Crippen LogP contribution in [0.3, 0.4) is 0 Å². The number of hydrogen-bond acceptors (Lipinski definition) is 2. The summed E-state index contributed by atoms with van der Waals surface area (Å²) in [6, 6.07) is 0.638. The van der Waals surface area contributed by atoms with Crippen LogP contribution in [0.5, 0.6) is 0 Å².